The summed E-state index contributed by atoms with van der Waals surface area (Å²) >= 11 is 0. The molecule has 0 spiro atoms. The highest BCUT2D eigenvalue weighted by Gasteiger charge is 2.21. The molecule has 110 valence electrons. The molecule has 0 heterocycles. The number of hydrogen-bond acceptors (Lipinski definition) is 3. The van der Waals surface area contributed by atoms with Crippen molar-refractivity contribution in [3.63, 3.8) is 0 Å². The Morgan fingerprint density at radius 2 is 2.20 bits per heavy atom. The highest BCUT2D eigenvalue weighted by molar-refractivity contribution is 5.76. The van der Waals surface area contributed by atoms with E-state index in [1.54, 1.807) is 19.2 Å². The van der Waals surface area contributed by atoms with Gasteiger partial charge in [-0.05, 0) is 36.6 Å². The van der Waals surface area contributed by atoms with E-state index >= 15 is 0 Å². The van der Waals surface area contributed by atoms with Crippen LogP contribution in [0.1, 0.15) is 24.8 Å². The van der Waals surface area contributed by atoms with Crippen LogP contribution in [0.3, 0.4) is 0 Å². The van der Waals surface area contributed by atoms with Crippen LogP contribution in [0.2, 0.25) is 0 Å². The minimum atomic E-state index is -0.221. The van der Waals surface area contributed by atoms with Gasteiger partial charge in [0.1, 0.15) is 5.82 Å². The number of nitrogens with zero attached hydrogens (tertiary/aromatic N) is 1. The molecule has 1 fully saturated rings. The van der Waals surface area contributed by atoms with E-state index < -0.39 is 0 Å². The molecule has 1 amide bonds. The van der Waals surface area contributed by atoms with Crippen LogP contribution in [0, 0.1) is 5.82 Å². The van der Waals surface area contributed by atoms with Crippen molar-refractivity contribution < 1.29 is 9.18 Å². The third-order valence-corrected chi connectivity index (χ3v) is 3.56. The van der Waals surface area contributed by atoms with Gasteiger partial charge in [-0.2, -0.15) is 0 Å². The van der Waals surface area contributed by atoms with Crippen LogP contribution in [0.25, 0.3) is 0 Å². The molecule has 5 heteroatoms. The number of halogens is 1. The zero-order valence-corrected chi connectivity index (χ0v) is 12.1. The minimum absolute atomic E-state index is 0.0108. The van der Waals surface area contributed by atoms with Gasteiger partial charge in [0, 0.05) is 45.3 Å². The largest absolute Gasteiger partial charge is 0.374 e. The fraction of sp³-hybridized carbons (Fsp3) is 0.533. The third-order valence-electron chi connectivity index (χ3n) is 3.56. The Hall–Kier alpha value is -1.62. The first-order valence-electron chi connectivity index (χ1n) is 7.03. The van der Waals surface area contributed by atoms with Gasteiger partial charge in [0.25, 0.3) is 0 Å². The molecule has 1 aliphatic rings. The first-order chi connectivity index (χ1) is 9.60. The molecule has 0 atom stereocenters. The summed E-state index contributed by atoms with van der Waals surface area (Å²) in [4.78, 5) is 13.3. The molecular weight excluding hydrogens is 257 g/mol. The summed E-state index contributed by atoms with van der Waals surface area (Å²) in [5, 5.41) is 6.00. The molecule has 0 bridgehead atoms. The lowest BCUT2D eigenvalue weighted by Gasteiger charge is -2.22. The first-order valence-corrected chi connectivity index (χ1v) is 7.03. The van der Waals surface area contributed by atoms with Crippen molar-refractivity contribution in [3.8, 4) is 0 Å². The van der Waals surface area contributed by atoms with E-state index in [-0.39, 0.29) is 11.7 Å². The highest BCUT2D eigenvalue weighted by atomic mass is 19.1. The van der Waals surface area contributed by atoms with Crippen molar-refractivity contribution in [1.29, 1.82) is 0 Å². The smallest absolute Gasteiger partial charge is 0.221 e. The standard InChI is InChI=1S/C15H22FN3O/c1-17-15(20)7-8-19(2)14-6-3-12(16)9-11(14)10-18-13-4-5-13/h3,6,9,13,18H,4-5,7-8,10H2,1-2H3,(H,17,20). The molecule has 0 aliphatic heterocycles. The summed E-state index contributed by atoms with van der Waals surface area (Å²) in [6.07, 6.45) is 2.84. The molecule has 0 unspecified atom stereocenters. The number of carbonyl (C=O) groups is 1. The van der Waals surface area contributed by atoms with Crippen molar-refractivity contribution in [2.75, 3.05) is 25.5 Å². The Balaban J connectivity index is 2.01. The van der Waals surface area contributed by atoms with Gasteiger partial charge < -0.3 is 15.5 Å². The average Bonchev–Trinajstić information content (AvgIpc) is 3.26. The van der Waals surface area contributed by atoms with Crippen LogP contribution >= 0.6 is 0 Å². The molecule has 1 aromatic rings. The van der Waals surface area contributed by atoms with Crippen molar-refractivity contribution >= 4 is 11.6 Å². The lowest BCUT2D eigenvalue weighted by atomic mass is 10.1. The summed E-state index contributed by atoms with van der Waals surface area (Å²) in [7, 11) is 3.56. The van der Waals surface area contributed by atoms with Crippen molar-refractivity contribution in [1.82, 2.24) is 10.6 Å². The number of nitrogens with one attached hydrogen (secondary N) is 2. The summed E-state index contributed by atoms with van der Waals surface area (Å²) in [5.74, 6) is -0.210. The van der Waals surface area contributed by atoms with E-state index in [0.29, 0.717) is 25.6 Å². The number of amides is 1. The zero-order chi connectivity index (χ0) is 14.5. The van der Waals surface area contributed by atoms with E-state index in [4.69, 9.17) is 0 Å². The normalized spacial score (nSPS) is 14.2. The minimum Gasteiger partial charge on any atom is -0.374 e. The average molecular weight is 279 g/mol. The number of carbonyl (C=O) groups excluding carboxylic acids is 1. The van der Waals surface area contributed by atoms with Crippen LogP contribution in [-0.4, -0.2) is 32.6 Å². The number of anilines is 1. The molecule has 0 aromatic heterocycles. The molecule has 2 rings (SSSR count). The predicted octanol–water partition coefficient (Wildman–Crippen LogP) is 1.65. The van der Waals surface area contributed by atoms with Crippen molar-refractivity contribution in [2.45, 2.75) is 31.8 Å². The SMILES string of the molecule is CNC(=O)CCN(C)c1ccc(F)cc1CNC1CC1. The van der Waals surface area contributed by atoms with Crippen LogP contribution in [0.4, 0.5) is 10.1 Å². The Morgan fingerprint density at radius 3 is 2.85 bits per heavy atom. The highest BCUT2D eigenvalue weighted by Crippen LogP contribution is 2.24. The molecule has 0 radical (unpaired) electrons. The second kappa shape index (κ2) is 6.70. The van der Waals surface area contributed by atoms with Gasteiger partial charge in [-0.1, -0.05) is 0 Å². The maximum absolute atomic E-state index is 13.4. The lowest BCUT2D eigenvalue weighted by molar-refractivity contribution is -0.120. The van der Waals surface area contributed by atoms with Crippen molar-refractivity contribution in [2.24, 2.45) is 0 Å². The molecule has 2 N–H and O–H groups in total. The monoisotopic (exact) mass is 279 g/mol. The van der Waals surface area contributed by atoms with Gasteiger partial charge in [-0.15, -0.1) is 0 Å². The zero-order valence-electron chi connectivity index (χ0n) is 12.1. The molecule has 1 aromatic carbocycles. The van der Waals surface area contributed by atoms with Gasteiger partial charge in [0.05, 0.1) is 0 Å². The Labute approximate surface area is 119 Å². The summed E-state index contributed by atoms with van der Waals surface area (Å²) in [5.41, 5.74) is 1.92. The van der Waals surface area contributed by atoms with Crippen LogP contribution in [-0.2, 0) is 11.3 Å². The Kier molecular flexibility index (Phi) is 4.95. The van der Waals surface area contributed by atoms with E-state index in [0.717, 1.165) is 11.3 Å². The number of rotatable bonds is 7. The maximum Gasteiger partial charge on any atom is 0.221 e. The summed E-state index contributed by atoms with van der Waals surface area (Å²) in [6, 6.07) is 5.40. The van der Waals surface area contributed by atoms with Crippen molar-refractivity contribution in [3.05, 3.63) is 29.6 Å². The van der Waals surface area contributed by atoms with E-state index in [2.05, 4.69) is 10.6 Å². The molecular formula is C15H22FN3O. The topological polar surface area (TPSA) is 44.4 Å². The Morgan fingerprint density at radius 1 is 1.45 bits per heavy atom. The molecule has 1 saturated carbocycles. The predicted molar refractivity (Wildman–Crippen MR) is 78.2 cm³/mol. The molecule has 4 nitrogen and oxygen atoms in total. The van der Waals surface area contributed by atoms with Gasteiger partial charge in [-0.3, -0.25) is 4.79 Å². The molecule has 0 saturated heterocycles. The summed E-state index contributed by atoms with van der Waals surface area (Å²) in [6.45, 7) is 1.28. The summed E-state index contributed by atoms with van der Waals surface area (Å²) < 4.78 is 13.4. The van der Waals surface area contributed by atoms with Crippen LogP contribution < -0.4 is 15.5 Å². The van der Waals surface area contributed by atoms with E-state index in [1.807, 2.05) is 11.9 Å². The number of hydrogen-bond donors (Lipinski definition) is 2. The second-order valence-corrected chi connectivity index (χ2v) is 5.27. The van der Waals surface area contributed by atoms with Gasteiger partial charge in [0.15, 0.2) is 0 Å². The van der Waals surface area contributed by atoms with Gasteiger partial charge >= 0.3 is 0 Å². The van der Waals surface area contributed by atoms with Crippen LogP contribution in [0.15, 0.2) is 18.2 Å². The lowest BCUT2D eigenvalue weighted by Crippen LogP contribution is -2.27. The quantitative estimate of drug-likeness (QED) is 0.797. The first kappa shape index (κ1) is 14.8. The van der Waals surface area contributed by atoms with Gasteiger partial charge in [0.2, 0.25) is 5.91 Å². The third kappa shape index (κ3) is 4.20. The Bertz CT molecular complexity index is 474. The second-order valence-electron chi connectivity index (χ2n) is 5.27. The molecule has 20 heavy (non-hydrogen) atoms. The van der Waals surface area contributed by atoms with Crippen LogP contribution in [0.5, 0.6) is 0 Å². The fourth-order valence-corrected chi connectivity index (χ4v) is 2.12. The maximum atomic E-state index is 13.4. The van der Waals surface area contributed by atoms with E-state index in [1.165, 1.54) is 18.9 Å². The molecule has 1 aliphatic carbocycles. The fourth-order valence-electron chi connectivity index (χ4n) is 2.12. The van der Waals surface area contributed by atoms with E-state index in [9.17, 15) is 9.18 Å². The van der Waals surface area contributed by atoms with Gasteiger partial charge in [-0.25, -0.2) is 4.39 Å². The number of benzene rings is 1.